The molecular formula is C54H46N2O. The Balaban J connectivity index is 1.02. The molecule has 3 heteroatoms. The smallest absolute Gasteiger partial charge is 0.130 e. The zero-order valence-electron chi connectivity index (χ0n) is 32.2. The fraction of sp³-hybridized carbons (Fsp3) is 0.148. The van der Waals surface area contributed by atoms with Gasteiger partial charge in [0, 0.05) is 44.5 Å². The van der Waals surface area contributed by atoms with Crippen molar-refractivity contribution in [3.8, 4) is 5.69 Å². The van der Waals surface area contributed by atoms with E-state index in [1.54, 1.807) is 0 Å². The number of nitrogens with zero attached hydrogens (tertiary/aromatic N) is 2. The molecule has 0 bridgehead atoms. The van der Waals surface area contributed by atoms with Crippen molar-refractivity contribution in [3.05, 3.63) is 203 Å². The second kappa shape index (κ2) is 15.2. The van der Waals surface area contributed by atoms with Gasteiger partial charge in [-0.1, -0.05) is 121 Å². The van der Waals surface area contributed by atoms with Crippen molar-refractivity contribution in [2.45, 2.75) is 50.5 Å². The molecule has 0 radical (unpaired) electrons. The molecule has 0 saturated carbocycles. The summed E-state index contributed by atoms with van der Waals surface area (Å²) < 4.78 is 8.98. The number of hydrogen-bond donors (Lipinski definition) is 0. The van der Waals surface area contributed by atoms with E-state index in [1.165, 1.54) is 54.9 Å². The highest BCUT2D eigenvalue weighted by molar-refractivity contribution is 6.09. The summed E-state index contributed by atoms with van der Waals surface area (Å²) in [6, 6.07) is 44.5. The van der Waals surface area contributed by atoms with Crippen LogP contribution in [0.15, 0.2) is 169 Å². The van der Waals surface area contributed by atoms with Crippen LogP contribution in [0.2, 0.25) is 0 Å². The van der Waals surface area contributed by atoms with Gasteiger partial charge in [-0.3, -0.25) is 0 Å². The van der Waals surface area contributed by atoms with Crippen LogP contribution < -0.4 is 15.5 Å². The van der Waals surface area contributed by atoms with E-state index in [9.17, 15) is 0 Å². The van der Waals surface area contributed by atoms with Gasteiger partial charge in [-0.15, -0.1) is 6.58 Å². The van der Waals surface area contributed by atoms with Crippen LogP contribution in [0.3, 0.4) is 0 Å². The highest BCUT2D eigenvalue weighted by atomic mass is 16.3. The average Bonchev–Trinajstić information content (AvgIpc) is 3.83. The number of hydrogen-bond acceptors (Lipinski definition) is 2. The molecule has 3 aliphatic carbocycles. The molecule has 2 atom stereocenters. The third-order valence-electron chi connectivity index (χ3n) is 11.9. The van der Waals surface area contributed by atoms with Gasteiger partial charge in [0.25, 0.3) is 0 Å². The standard InChI is InChI=1S/C54H46N2O/c1-2-42(20-13-17-38-15-5-3-6-16-38)55(43-30-27-40(28-31-43)39-18-7-4-8-19-39)44-32-34-45(35-33-44)56-51-25-11-9-21-47(51)50-37-41(29-36-52(50)56)46-23-14-24-49-48-22-10-12-26-53(48)57-54(46)49/h2-3,5-7,9,11,13-19,21-22,24-37,42,46H,1,4,8,10,12,20,23H2/b17-13+. The first kappa shape index (κ1) is 34.9. The molecule has 0 saturated heterocycles. The van der Waals surface area contributed by atoms with E-state index < -0.39 is 0 Å². The summed E-state index contributed by atoms with van der Waals surface area (Å²) in [6.07, 6.45) is 28.7. The van der Waals surface area contributed by atoms with Crippen molar-refractivity contribution < 1.29 is 4.42 Å². The summed E-state index contributed by atoms with van der Waals surface area (Å²) in [5.41, 5.74) is 13.1. The number of para-hydroxylation sites is 1. The van der Waals surface area contributed by atoms with Crippen LogP contribution in [0.4, 0.5) is 11.4 Å². The topological polar surface area (TPSA) is 21.3 Å². The van der Waals surface area contributed by atoms with Crippen LogP contribution in [0.5, 0.6) is 0 Å². The highest BCUT2D eigenvalue weighted by Crippen LogP contribution is 2.40. The lowest BCUT2D eigenvalue weighted by Gasteiger charge is -2.32. The Hall–Kier alpha value is -6.58. The molecule has 57 heavy (non-hydrogen) atoms. The number of furan rings is 1. The van der Waals surface area contributed by atoms with Gasteiger partial charge in [-0.05, 0) is 121 Å². The predicted molar refractivity (Wildman–Crippen MR) is 241 cm³/mol. The zero-order chi connectivity index (χ0) is 38.1. The maximum atomic E-state index is 6.57. The van der Waals surface area contributed by atoms with Gasteiger partial charge in [0.1, 0.15) is 11.2 Å². The van der Waals surface area contributed by atoms with Crippen LogP contribution >= 0.6 is 0 Å². The number of allylic oxidation sites excluding steroid dienone is 5. The zero-order valence-corrected chi connectivity index (χ0v) is 32.2. The van der Waals surface area contributed by atoms with Crippen molar-refractivity contribution in [2.24, 2.45) is 0 Å². The molecule has 5 aromatic carbocycles. The number of benzene rings is 5. The second-order valence-electron chi connectivity index (χ2n) is 15.4. The molecule has 2 unspecified atom stereocenters. The minimum absolute atomic E-state index is 0.0488. The van der Waals surface area contributed by atoms with Crippen molar-refractivity contribution in [2.75, 3.05) is 4.90 Å². The van der Waals surface area contributed by atoms with Gasteiger partial charge >= 0.3 is 0 Å². The largest absolute Gasteiger partial charge is 0.460 e. The first-order valence-corrected chi connectivity index (χ1v) is 20.5. The minimum atomic E-state index is 0.0488. The Morgan fingerprint density at radius 2 is 1.47 bits per heavy atom. The highest BCUT2D eigenvalue weighted by Gasteiger charge is 2.26. The Morgan fingerprint density at radius 3 is 2.28 bits per heavy atom. The summed E-state index contributed by atoms with van der Waals surface area (Å²) >= 11 is 0. The van der Waals surface area contributed by atoms with E-state index in [2.05, 4.69) is 198 Å². The molecule has 0 fully saturated rings. The minimum Gasteiger partial charge on any atom is -0.460 e. The normalized spacial score (nSPS) is 16.5. The first-order chi connectivity index (χ1) is 28.2. The molecule has 3 nitrogen and oxygen atoms in total. The van der Waals surface area contributed by atoms with E-state index in [0.29, 0.717) is 0 Å². The number of anilines is 2. The van der Waals surface area contributed by atoms with E-state index in [0.717, 1.165) is 66.8 Å². The Bertz CT molecular complexity index is 2860. The van der Waals surface area contributed by atoms with Crippen molar-refractivity contribution in [1.29, 1.82) is 0 Å². The van der Waals surface area contributed by atoms with Gasteiger partial charge in [0.2, 0.25) is 0 Å². The molecule has 0 aliphatic heterocycles. The third-order valence-corrected chi connectivity index (χ3v) is 11.9. The van der Waals surface area contributed by atoms with Gasteiger partial charge in [-0.25, -0.2) is 0 Å². The van der Waals surface area contributed by atoms with Crippen molar-refractivity contribution in [3.63, 3.8) is 0 Å². The van der Waals surface area contributed by atoms with Crippen LogP contribution in [0, 0.1) is 0 Å². The monoisotopic (exact) mass is 738 g/mol. The Kier molecular flexibility index (Phi) is 9.28. The third kappa shape index (κ3) is 6.53. The van der Waals surface area contributed by atoms with Gasteiger partial charge in [0.15, 0.2) is 0 Å². The van der Waals surface area contributed by atoms with E-state index in [4.69, 9.17) is 4.42 Å². The van der Waals surface area contributed by atoms with Crippen LogP contribution in [0.25, 0.3) is 57.4 Å². The maximum absolute atomic E-state index is 6.57. The lowest BCUT2D eigenvalue weighted by molar-refractivity contribution is 0.456. The first-order valence-electron chi connectivity index (χ1n) is 20.5. The average molecular weight is 739 g/mol. The van der Waals surface area contributed by atoms with Gasteiger partial charge in [-0.2, -0.15) is 0 Å². The van der Waals surface area contributed by atoms with Crippen LogP contribution in [-0.4, -0.2) is 10.6 Å². The SMILES string of the molecule is C=CC(C/C=C/c1ccccc1)N(c1ccc(C2=CCCC=C2)cc1)c1ccc(-n2c3ccccc3c3cc(C4CC=Cc5c4oc4c5=CCCC=4)ccc32)cc1. The fourth-order valence-electron chi connectivity index (χ4n) is 9.08. The molecular weight excluding hydrogens is 693 g/mol. The van der Waals surface area contributed by atoms with E-state index in [1.807, 2.05) is 0 Å². The quantitative estimate of drug-likeness (QED) is 0.130. The van der Waals surface area contributed by atoms with Crippen molar-refractivity contribution in [1.82, 2.24) is 4.57 Å². The predicted octanol–water partition coefficient (Wildman–Crippen LogP) is 12.8. The summed E-state index contributed by atoms with van der Waals surface area (Å²) in [7, 11) is 0. The summed E-state index contributed by atoms with van der Waals surface area (Å²) in [6.45, 7) is 4.34. The molecule has 10 rings (SSSR count). The number of fused-ring (bicyclic) bond motifs is 6. The molecule has 7 aromatic rings. The summed E-state index contributed by atoms with van der Waals surface area (Å²) in [5.74, 6) is 1.30. The molecule has 0 spiro atoms. The molecule has 0 N–H and O–H groups in total. The lowest BCUT2D eigenvalue weighted by Crippen LogP contribution is -2.28. The van der Waals surface area contributed by atoms with Gasteiger partial charge in [0.05, 0.1) is 17.1 Å². The van der Waals surface area contributed by atoms with Gasteiger partial charge < -0.3 is 13.9 Å². The number of aromatic nitrogens is 1. The van der Waals surface area contributed by atoms with E-state index >= 15 is 0 Å². The fourth-order valence-corrected chi connectivity index (χ4v) is 9.08. The van der Waals surface area contributed by atoms with Crippen LogP contribution in [0.1, 0.15) is 72.5 Å². The lowest BCUT2D eigenvalue weighted by atomic mass is 9.86. The van der Waals surface area contributed by atoms with Crippen LogP contribution in [-0.2, 0) is 0 Å². The number of rotatable bonds is 10. The molecule has 278 valence electrons. The molecule has 2 heterocycles. The second-order valence-corrected chi connectivity index (χ2v) is 15.4. The summed E-state index contributed by atoms with van der Waals surface area (Å²) in [5, 5.41) is 3.79. The maximum Gasteiger partial charge on any atom is 0.130 e. The summed E-state index contributed by atoms with van der Waals surface area (Å²) in [4.78, 5) is 2.42. The molecule has 0 amide bonds. The Labute approximate surface area is 334 Å². The van der Waals surface area contributed by atoms with Crippen molar-refractivity contribution >= 4 is 63.1 Å². The van der Waals surface area contributed by atoms with E-state index in [-0.39, 0.29) is 12.0 Å². The molecule has 3 aliphatic rings. The molecule has 2 aromatic heterocycles. The Morgan fingerprint density at radius 1 is 0.719 bits per heavy atom.